The largest absolute Gasteiger partial charge is 0.466 e. The van der Waals surface area contributed by atoms with Crippen LogP contribution in [0.15, 0.2) is 6.20 Å². The molecule has 0 saturated carbocycles. The lowest BCUT2D eigenvalue weighted by Gasteiger charge is -2.11. The monoisotopic (exact) mass is 241 g/mol. The van der Waals surface area contributed by atoms with Gasteiger partial charge in [-0.1, -0.05) is 0 Å². The average Bonchev–Trinajstić information content (AvgIpc) is 2.54. The molecule has 0 spiro atoms. The Morgan fingerprint density at radius 2 is 2.41 bits per heavy atom. The highest BCUT2D eigenvalue weighted by atomic mass is 16.5. The third kappa shape index (κ3) is 4.44. The fourth-order valence-corrected chi connectivity index (χ4v) is 1.49. The number of rotatable bonds is 6. The number of carbonyl (C=O) groups is 1. The number of aryl methyl sites for hydroxylation is 2. The zero-order valence-electron chi connectivity index (χ0n) is 10.4. The third-order valence-electron chi connectivity index (χ3n) is 2.25. The van der Waals surface area contributed by atoms with Crippen molar-refractivity contribution in [2.45, 2.75) is 26.4 Å². The molecule has 17 heavy (non-hydrogen) atoms. The summed E-state index contributed by atoms with van der Waals surface area (Å²) in [6, 6.07) is 0. The molecule has 0 bridgehead atoms. The Hall–Kier alpha value is -1.56. The van der Waals surface area contributed by atoms with E-state index in [1.807, 2.05) is 20.2 Å². The van der Waals surface area contributed by atoms with Crippen molar-refractivity contribution in [3.05, 3.63) is 11.9 Å². The Labute approximate surface area is 101 Å². The second-order valence-electron chi connectivity index (χ2n) is 3.85. The van der Waals surface area contributed by atoms with Crippen molar-refractivity contribution in [3.63, 3.8) is 0 Å². The Kier molecular flexibility index (Phi) is 4.96. The summed E-state index contributed by atoms with van der Waals surface area (Å²) < 4.78 is 6.44. The van der Waals surface area contributed by atoms with Crippen LogP contribution in [-0.2, 0) is 16.6 Å². The maximum Gasteiger partial charge on any atom is 0.308 e. The predicted molar refractivity (Wildman–Crippen MR) is 63.7 cm³/mol. The number of anilines is 1. The molecule has 1 heterocycles. The van der Waals surface area contributed by atoms with Gasteiger partial charge in [0.15, 0.2) is 0 Å². The standard InChI is InChI=1S/C11H19N3O3/c1-4-17-11(16)5-9(15)6-12-10-7-14(3)13-8(10)2/h7,9,12,15H,4-6H2,1-3H3. The maximum atomic E-state index is 11.1. The van der Waals surface area contributed by atoms with Crippen molar-refractivity contribution in [1.29, 1.82) is 0 Å². The summed E-state index contributed by atoms with van der Waals surface area (Å²) in [7, 11) is 1.83. The topological polar surface area (TPSA) is 76.4 Å². The lowest BCUT2D eigenvalue weighted by molar-refractivity contribution is -0.145. The van der Waals surface area contributed by atoms with E-state index in [0.29, 0.717) is 13.2 Å². The highest BCUT2D eigenvalue weighted by Crippen LogP contribution is 2.11. The molecule has 0 saturated heterocycles. The molecular weight excluding hydrogens is 222 g/mol. The fourth-order valence-electron chi connectivity index (χ4n) is 1.49. The third-order valence-corrected chi connectivity index (χ3v) is 2.25. The van der Waals surface area contributed by atoms with Crippen LogP contribution >= 0.6 is 0 Å². The van der Waals surface area contributed by atoms with Gasteiger partial charge in [-0.25, -0.2) is 0 Å². The van der Waals surface area contributed by atoms with E-state index in [0.717, 1.165) is 11.4 Å². The number of hydrogen-bond donors (Lipinski definition) is 2. The number of carbonyl (C=O) groups excluding carboxylic acids is 1. The SMILES string of the molecule is CCOC(=O)CC(O)CNc1cn(C)nc1C. The van der Waals surface area contributed by atoms with Gasteiger partial charge in [-0.05, 0) is 13.8 Å². The lowest BCUT2D eigenvalue weighted by Crippen LogP contribution is -2.24. The number of nitrogens with one attached hydrogen (secondary N) is 1. The van der Waals surface area contributed by atoms with E-state index >= 15 is 0 Å². The van der Waals surface area contributed by atoms with Crippen LogP contribution in [0.5, 0.6) is 0 Å². The first kappa shape index (κ1) is 13.5. The van der Waals surface area contributed by atoms with E-state index in [-0.39, 0.29) is 12.4 Å². The molecule has 6 heteroatoms. The minimum absolute atomic E-state index is 0.000149. The number of aromatic nitrogens is 2. The minimum atomic E-state index is -0.756. The molecule has 0 aromatic carbocycles. The van der Waals surface area contributed by atoms with Crippen LogP contribution in [0, 0.1) is 6.92 Å². The summed E-state index contributed by atoms with van der Waals surface area (Å²) >= 11 is 0. The number of esters is 1. The summed E-state index contributed by atoms with van der Waals surface area (Å²) in [5.74, 6) is -0.385. The lowest BCUT2D eigenvalue weighted by atomic mass is 10.2. The molecule has 0 amide bonds. The molecule has 1 aromatic heterocycles. The molecule has 1 unspecified atom stereocenters. The smallest absolute Gasteiger partial charge is 0.308 e. The molecule has 1 rings (SSSR count). The minimum Gasteiger partial charge on any atom is -0.466 e. The number of aliphatic hydroxyl groups is 1. The second-order valence-corrected chi connectivity index (χ2v) is 3.85. The van der Waals surface area contributed by atoms with Gasteiger partial charge in [-0.15, -0.1) is 0 Å². The van der Waals surface area contributed by atoms with Crippen molar-refractivity contribution in [3.8, 4) is 0 Å². The highest BCUT2D eigenvalue weighted by molar-refractivity contribution is 5.70. The first-order valence-corrected chi connectivity index (χ1v) is 5.60. The zero-order valence-corrected chi connectivity index (χ0v) is 10.4. The van der Waals surface area contributed by atoms with Crippen molar-refractivity contribution in [1.82, 2.24) is 9.78 Å². The molecule has 0 fully saturated rings. The summed E-state index contributed by atoms with van der Waals surface area (Å²) in [4.78, 5) is 11.1. The molecule has 6 nitrogen and oxygen atoms in total. The number of hydrogen-bond acceptors (Lipinski definition) is 5. The summed E-state index contributed by atoms with van der Waals surface area (Å²) in [5.41, 5.74) is 1.71. The molecule has 2 N–H and O–H groups in total. The molecule has 1 atom stereocenters. The van der Waals surface area contributed by atoms with Crippen LogP contribution in [0.1, 0.15) is 19.0 Å². The van der Waals surface area contributed by atoms with Crippen LogP contribution in [0.3, 0.4) is 0 Å². The van der Waals surface area contributed by atoms with Gasteiger partial charge in [0, 0.05) is 19.8 Å². The van der Waals surface area contributed by atoms with Gasteiger partial charge in [-0.3, -0.25) is 9.48 Å². The molecule has 0 radical (unpaired) electrons. The molecule has 96 valence electrons. The molecule has 0 aliphatic rings. The Morgan fingerprint density at radius 3 is 2.94 bits per heavy atom. The van der Waals surface area contributed by atoms with Crippen LogP contribution in [0.2, 0.25) is 0 Å². The predicted octanol–water partition coefficient (Wildman–Crippen LogP) is 0.455. The summed E-state index contributed by atoms with van der Waals surface area (Å²) in [6.45, 7) is 4.24. The van der Waals surface area contributed by atoms with Gasteiger partial charge in [0.05, 0.1) is 30.5 Å². The summed E-state index contributed by atoms with van der Waals surface area (Å²) in [6.07, 6.45) is 1.07. The van der Waals surface area contributed by atoms with Crippen molar-refractivity contribution >= 4 is 11.7 Å². The molecule has 0 aliphatic heterocycles. The molecule has 1 aromatic rings. The molecular formula is C11H19N3O3. The van der Waals surface area contributed by atoms with E-state index in [1.165, 1.54) is 0 Å². The van der Waals surface area contributed by atoms with Crippen LogP contribution < -0.4 is 5.32 Å². The normalized spacial score (nSPS) is 12.2. The molecule has 0 aliphatic carbocycles. The quantitative estimate of drug-likeness (QED) is 0.707. The van der Waals surface area contributed by atoms with Crippen molar-refractivity contribution < 1.29 is 14.6 Å². The van der Waals surface area contributed by atoms with Crippen LogP contribution in [0.25, 0.3) is 0 Å². The van der Waals surface area contributed by atoms with Crippen LogP contribution in [0.4, 0.5) is 5.69 Å². The van der Waals surface area contributed by atoms with E-state index in [9.17, 15) is 9.90 Å². The Balaban J connectivity index is 2.35. The Bertz CT molecular complexity index is 376. The second kappa shape index (κ2) is 6.24. The van der Waals surface area contributed by atoms with Gasteiger partial charge in [-0.2, -0.15) is 5.10 Å². The summed E-state index contributed by atoms with van der Waals surface area (Å²) in [5, 5.41) is 16.8. The zero-order chi connectivity index (χ0) is 12.8. The number of ether oxygens (including phenoxy) is 1. The van der Waals surface area contributed by atoms with Crippen molar-refractivity contribution in [2.24, 2.45) is 7.05 Å². The van der Waals surface area contributed by atoms with Crippen molar-refractivity contribution in [2.75, 3.05) is 18.5 Å². The van der Waals surface area contributed by atoms with Gasteiger partial charge in [0.2, 0.25) is 0 Å². The van der Waals surface area contributed by atoms with E-state index in [1.54, 1.807) is 11.6 Å². The van der Waals surface area contributed by atoms with Gasteiger partial charge < -0.3 is 15.2 Å². The highest BCUT2D eigenvalue weighted by Gasteiger charge is 2.12. The Morgan fingerprint density at radius 1 is 1.71 bits per heavy atom. The van der Waals surface area contributed by atoms with Gasteiger partial charge >= 0.3 is 5.97 Å². The van der Waals surface area contributed by atoms with Crippen LogP contribution in [-0.4, -0.2) is 40.1 Å². The van der Waals surface area contributed by atoms with E-state index in [2.05, 4.69) is 10.4 Å². The fraction of sp³-hybridized carbons (Fsp3) is 0.636. The first-order valence-electron chi connectivity index (χ1n) is 5.60. The maximum absolute atomic E-state index is 11.1. The average molecular weight is 241 g/mol. The number of aliphatic hydroxyl groups excluding tert-OH is 1. The van der Waals surface area contributed by atoms with Gasteiger partial charge in [0.25, 0.3) is 0 Å². The van der Waals surface area contributed by atoms with E-state index < -0.39 is 6.10 Å². The number of nitrogens with zero attached hydrogens (tertiary/aromatic N) is 2. The van der Waals surface area contributed by atoms with E-state index in [4.69, 9.17) is 4.74 Å². The van der Waals surface area contributed by atoms with Gasteiger partial charge in [0.1, 0.15) is 0 Å². The first-order chi connectivity index (χ1) is 8.02.